The Morgan fingerprint density at radius 3 is 2.83 bits per heavy atom. The van der Waals surface area contributed by atoms with Gasteiger partial charge in [0.05, 0.1) is 12.2 Å². The first-order valence-electron chi connectivity index (χ1n) is 7.42. The fourth-order valence-corrected chi connectivity index (χ4v) is 2.23. The summed E-state index contributed by atoms with van der Waals surface area (Å²) in [5.41, 5.74) is 0.536. The first kappa shape index (κ1) is 16.5. The Kier molecular flexibility index (Phi) is 5.69. The van der Waals surface area contributed by atoms with Gasteiger partial charge < -0.3 is 19.4 Å². The zero-order valence-corrected chi connectivity index (χ0v) is 12.9. The van der Waals surface area contributed by atoms with E-state index in [4.69, 9.17) is 10.00 Å². The first-order valence-corrected chi connectivity index (χ1v) is 7.42. The molecule has 0 atom stereocenters. The quantitative estimate of drug-likeness (QED) is 0.423. The van der Waals surface area contributed by atoms with Crippen molar-refractivity contribution in [3.8, 4) is 11.8 Å². The Morgan fingerprint density at radius 1 is 1.35 bits per heavy atom. The predicted octanol–water partition coefficient (Wildman–Crippen LogP) is 3.22. The Balaban J connectivity index is 1.70. The molecule has 0 saturated carbocycles. The summed E-state index contributed by atoms with van der Waals surface area (Å²) in [5, 5.41) is 19.6. The number of hydrogen-bond donors (Lipinski definition) is 0. The molecule has 2 rings (SSSR count). The molecule has 0 spiro atoms. The van der Waals surface area contributed by atoms with Crippen molar-refractivity contribution in [1.82, 2.24) is 9.55 Å². The minimum Gasteiger partial charge on any atom is -0.492 e. The lowest BCUT2D eigenvalue weighted by atomic mass is 10.2. The highest BCUT2D eigenvalue weighted by Crippen LogP contribution is 2.17. The molecule has 0 unspecified atom stereocenters. The number of nitrogens with zero attached hydrogens (tertiary/aromatic N) is 4. The van der Waals surface area contributed by atoms with E-state index in [0.29, 0.717) is 30.3 Å². The third-order valence-corrected chi connectivity index (χ3v) is 3.46. The zero-order chi connectivity index (χ0) is 16.7. The molecular weight excluding hydrogens is 296 g/mol. The van der Waals surface area contributed by atoms with Crippen LogP contribution in [0.4, 0.5) is 5.82 Å². The SMILES string of the molecule is Cc1nc([N+](=O)[O-])cn1CCCCCOc1ccccc1C#N. The monoisotopic (exact) mass is 314 g/mol. The first-order chi connectivity index (χ1) is 11.1. The molecule has 7 nitrogen and oxygen atoms in total. The lowest BCUT2D eigenvalue weighted by Gasteiger charge is -2.07. The molecule has 7 heteroatoms. The van der Waals surface area contributed by atoms with Crippen molar-refractivity contribution >= 4 is 5.82 Å². The summed E-state index contributed by atoms with van der Waals surface area (Å²) in [4.78, 5) is 14.1. The predicted molar refractivity (Wildman–Crippen MR) is 84.1 cm³/mol. The normalized spacial score (nSPS) is 10.3. The van der Waals surface area contributed by atoms with Gasteiger partial charge in [0.1, 0.15) is 18.0 Å². The summed E-state index contributed by atoms with van der Waals surface area (Å²) in [7, 11) is 0. The van der Waals surface area contributed by atoms with E-state index in [9.17, 15) is 10.1 Å². The summed E-state index contributed by atoms with van der Waals surface area (Å²) in [6.45, 7) is 3.00. The second-order valence-corrected chi connectivity index (χ2v) is 5.11. The summed E-state index contributed by atoms with van der Waals surface area (Å²) >= 11 is 0. The standard InChI is InChI=1S/C16H18N4O3/c1-13-18-16(20(21)22)12-19(13)9-5-2-6-10-23-15-8-4-3-7-14(15)11-17/h3-4,7-8,12H,2,5-6,9-10H2,1H3. The van der Waals surface area contributed by atoms with Crippen LogP contribution in [0.15, 0.2) is 30.5 Å². The summed E-state index contributed by atoms with van der Waals surface area (Å²) < 4.78 is 7.40. The van der Waals surface area contributed by atoms with Crippen molar-refractivity contribution in [2.45, 2.75) is 32.7 Å². The van der Waals surface area contributed by atoms with E-state index in [2.05, 4.69) is 11.1 Å². The molecule has 0 aliphatic carbocycles. The Morgan fingerprint density at radius 2 is 2.13 bits per heavy atom. The van der Waals surface area contributed by atoms with Gasteiger partial charge in [-0.2, -0.15) is 5.26 Å². The van der Waals surface area contributed by atoms with E-state index >= 15 is 0 Å². The Bertz CT molecular complexity index is 718. The van der Waals surface area contributed by atoms with Gasteiger partial charge in [0, 0.05) is 13.5 Å². The third-order valence-electron chi connectivity index (χ3n) is 3.46. The van der Waals surface area contributed by atoms with E-state index in [0.717, 1.165) is 19.3 Å². The molecule has 1 aromatic carbocycles. The minimum absolute atomic E-state index is 0.112. The number of nitro groups is 1. The number of aryl methyl sites for hydroxylation is 2. The highest BCUT2D eigenvalue weighted by Gasteiger charge is 2.14. The maximum atomic E-state index is 10.7. The highest BCUT2D eigenvalue weighted by molar-refractivity contribution is 5.42. The van der Waals surface area contributed by atoms with Gasteiger partial charge in [-0.25, -0.2) is 0 Å². The molecule has 2 aromatic rings. The smallest absolute Gasteiger partial charge is 0.381 e. The van der Waals surface area contributed by atoms with Crippen molar-refractivity contribution in [2.75, 3.05) is 6.61 Å². The number of benzene rings is 1. The van der Waals surface area contributed by atoms with Crippen molar-refractivity contribution in [3.63, 3.8) is 0 Å². The summed E-state index contributed by atoms with van der Waals surface area (Å²) in [6.07, 6.45) is 4.14. The summed E-state index contributed by atoms with van der Waals surface area (Å²) in [6, 6.07) is 9.25. The van der Waals surface area contributed by atoms with Gasteiger partial charge in [-0.05, 0) is 41.3 Å². The Hall–Kier alpha value is -2.88. The molecule has 23 heavy (non-hydrogen) atoms. The molecule has 0 radical (unpaired) electrons. The number of ether oxygens (including phenoxy) is 1. The molecule has 120 valence electrons. The van der Waals surface area contributed by atoms with E-state index in [1.807, 2.05) is 6.07 Å². The number of unbranched alkanes of at least 4 members (excludes halogenated alkanes) is 2. The van der Waals surface area contributed by atoms with Gasteiger partial charge in [-0.15, -0.1) is 0 Å². The minimum atomic E-state index is -0.482. The van der Waals surface area contributed by atoms with Gasteiger partial charge in [0.2, 0.25) is 5.82 Å². The van der Waals surface area contributed by atoms with Crippen LogP contribution in [0.1, 0.15) is 30.7 Å². The fourth-order valence-electron chi connectivity index (χ4n) is 2.23. The molecule has 0 saturated heterocycles. The molecule has 0 fully saturated rings. The van der Waals surface area contributed by atoms with Crippen LogP contribution < -0.4 is 4.74 Å². The Labute approximate surface area is 134 Å². The molecule has 1 aromatic heterocycles. The fraction of sp³-hybridized carbons (Fsp3) is 0.375. The zero-order valence-electron chi connectivity index (χ0n) is 12.9. The lowest BCUT2D eigenvalue weighted by Crippen LogP contribution is -2.02. The van der Waals surface area contributed by atoms with Crippen molar-refractivity contribution in [1.29, 1.82) is 5.26 Å². The highest BCUT2D eigenvalue weighted by atomic mass is 16.6. The van der Waals surface area contributed by atoms with Crippen molar-refractivity contribution in [3.05, 3.63) is 52.0 Å². The van der Waals surface area contributed by atoms with Crippen LogP contribution in [0.2, 0.25) is 0 Å². The summed E-state index contributed by atoms with van der Waals surface area (Å²) in [5.74, 6) is 1.14. The molecule has 0 N–H and O–H groups in total. The van der Waals surface area contributed by atoms with Gasteiger partial charge in [0.15, 0.2) is 0 Å². The number of rotatable bonds is 8. The average molecular weight is 314 g/mol. The van der Waals surface area contributed by atoms with Crippen LogP contribution in [0.5, 0.6) is 5.75 Å². The van der Waals surface area contributed by atoms with Gasteiger partial charge in [0.25, 0.3) is 0 Å². The molecule has 0 aliphatic rings. The second-order valence-electron chi connectivity index (χ2n) is 5.11. The maximum Gasteiger partial charge on any atom is 0.381 e. The van der Waals surface area contributed by atoms with Crippen LogP contribution in [-0.2, 0) is 6.54 Å². The molecule has 1 heterocycles. The molecule has 0 amide bonds. The third kappa shape index (κ3) is 4.54. The van der Waals surface area contributed by atoms with Gasteiger partial charge in [-0.1, -0.05) is 12.1 Å². The maximum absolute atomic E-state index is 10.7. The van der Waals surface area contributed by atoms with Crippen molar-refractivity contribution < 1.29 is 9.66 Å². The van der Waals surface area contributed by atoms with E-state index in [1.165, 1.54) is 6.20 Å². The number of nitriles is 1. The molecule has 0 bridgehead atoms. The van der Waals surface area contributed by atoms with Crippen LogP contribution in [0.25, 0.3) is 0 Å². The van der Waals surface area contributed by atoms with E-state index in [-0.39, 0.29) is 5.82 Å². The molecule has 0 aliphatic heterocycles. The van der Waals surface area contributed by atoms with Gasteiger partial charge >= 0.3 is 5.82 Å². The number of imidazole rings is 1. The van der Waals surface area contributed by atoms with E-state index in [1.54, 1.807) is 29.7 Å². The van der Waals surface area contributed by atoms with Crippen LogP contribution in [0, 0.1) is 28.4 Å². The molecular formula is C16H18N4O3. The average Bonchev–Trinajstić information content (AvgIpc) is 2.92. The van der Waals surface area contributed by atoms with Gasteiger partial charge in [-0.3, -0.25) is 0 Å². The van der Waals surface area contributed by atoms with E-state index < -0.39 is 4.92 Å². The van der Waals surface area contributed by atoms with Crippen LogP contribution in [0.3, 0.4) is 0 Å². The number of para-hydroxylation sites is 1. The lowest BCUT2D eigenvalue weighted by molar-refractivity contribution is -0.389. The van der Waals surface area contributed by atoms with Crippen molar-refractivity contribution in [2.24, 2.45) is 0 Å². The second kappa shape index (κ2) is 7.94. The number of aromatic nitrogens is 2. The number of hydrogen-bond acceptors (Lipinski definition) is 5. The topological polar surface area (TPSA) is 94.0 Å². The largest absolute Gasteiger partial charge is 0.492 e. The van der Waals surface area contributed by atoms with Crippen LogP contribution in [-0.4, -0.2) is 21.1 Å². The van der Waals surface area contributed by atoms with Crippen LogP contribution >= 0.6 is 0 Å².